The van der Waals surface area contributed by atoms with E-state index in [9.17, 15) is 9.18 Å². The van der Waals surface area contributed by atoms with Gasteiger partial charge >= 0.3 is 0 Å². The fraction of sp³-hybridized carbons (Fsp3) is 0.318. The molecule has 0 bridgehead atoms. The number of rotatable bonds is 9. The number of carbonyl (C=O) groups excluding carboxylic acids is 1. The van der Waals surface area contributed by atoms with Gasteiger partial charge < -0.3 is 19.4 Å². The van der Waals surface area contributed by atoms with Crippen LogP contribution in [0.4, 0.5) is 10.1 Å². The number of nitrogens with one attached hydrogen (secondary N) is 1. The van der Waals surface area contributed by atoms with Gasteiger partial charge in [-0.05, 0) is 67.0 Å². The highest BCUT2D eigenvalue weighted by molar-refractivity contribution is 9.10. The molecule has 0 saturated heterocycles. The van der Waals surface area contributed by atoms with E-state index in [1.165, 1.54) is 30.0 Å². The van der Waals surface area contributed by atoms with Gasteiger partial charge in [-0.25, -0.2) is 4.39 Å². The molecule has 0 spiro atoms. The molecule has 0 aliphatic carbocycles. The Bertz CT molecular complexity index is 1090. The summed E-state index contributed by atoms with van der Waals surface area (Å²) in [5.74, 6) is 1.39. The van der Waals surface area contributed by atoms with Crippen molar-refractivity contribution in [2.45, 2.75) is 38.1 Å². The van der Waals surface area contributed by atoms with E-state index in [-0.39, 0.29) is 29.6 Å². The van der Waals surface area contributed by atoms with Crippen molar-refractivity contribution in [2.75, 3.05) is 18.2 Å². The fourth-order valence-electron chi connectivity index (χ4n) is 3.02. The summed E-state index contributed by atoms with van der Waals surface area (Å²) >= 11 is 4.52. The second kappa shape index (κ2) is 10.8. The van der Waals surface area contributed by atoms with Crippen molar-refractivity contribution < 1.29 is 18.7 Å². The lowest BCUT2D eigenvalue weighted by atomic mass is 10.3. The SMILES string of the molecule is COc1ccccc1OC(C)c1nnc(SCC(=O)Nc2ccc(F)cc2Br)n1C(C)C. The van der Waals surface area contributed by atoms with Gasteiger partial charge in [-0.2, -0.15) is 0 Å². The van der Waals surface area contributed by atoms with Crippen molar-refractivity contribution in [1.29, 1.82) is 0 Å². The average molecular weight is 523 g/mol. The Labute approximate surface area is 198 Å². The molecule has 1 aromatic heterocycles. The lowest BCUT2D eigenvalue weighted by Gasteiger charge is -2.19. The van der Waals surface area contributed by atoms with Crippen molar-refractivity contribution in [3.8, 4) is 11.5 Å². The highest BCUT2D eigenvalue weighted by atomic mass is 79.9. The van der Waals surface area contributed by atoms with E-state index >= 15 is 0 Å². The van der Waals surface area contributed by atoms with Crippen molar-refractivity contribution in [2.24, 2.45) is 0 Å². The average Bonchev–Trinajstić information content (AvgIpc) is 3.19. The minimum Gasteiger partial charge on any atom is -0.493 e. The minimum atomic E-state index is -0.389. The zero-order valence-electron chi connectivity index (χ0n) is 18.1. The molecule has 10 heteroatoms. The molecule has 1 heterocycles. The largest absolute Gasteiger partial charge is 0.493 e. The molecule has 1 amide bonds. The molecule has 0 aliphatic heterocycles. The zero-order chi connectivity index (χ0) is 23.3. The van der Waals surface area contributed by atoms with Gasteiger partial charge in [0.25, 0.3) is 0 Å². The standard InChI is InChI=1S/C22H24BrFN4O3S/c1-13(2)28-21(14(3)31-19-8-6-5-7-18(19)30-4)26-27-22(28)32-12-20(29)25-17-10-9-15(24)11-16(17)23/h5-11,13-14H,12H2,1-4H3,(H,25,29). The van der Waals surface area contributed by atoms with Crippen molar-refractivity contribution in [3.63, 3.8) is 0 Å². The number of aromatic nitrogens is 3. The Morgan fingerprint density at radius 2 is 1.91 bits per heavy atom. The third-order valence-corrected chi connectivity index (χ3v) is 6.08. The van der Waals surface area contributed by atoms with Crippen molar-refractivity contribution in [3.05, 3.63) is 58.6 Å². The highest BCUT2D eigenvalue weighted by Crippen LogP contribution is 2.32. The molecule has 170 valence electrons. The normalized spacial score (nSPS) is 12.0. The predicted octanol–water partition coefficient (Wildman–Crippen LogP) is 5.64. The first-order valence-electron chi connectivity index (χ1n) is 9.92. The maximum absolute atomic E-state index is 13.2. The van der Waals surface area contributed by atoms with E-state index in [4.69, 9.17) is 9.47 Å². The second-order valence-corrected chi connectivity index (χ2v) is 8.97. The van der Waals surface area contributed by atoms with Gasteiger partial charge in [-0.1, -0.05) is 23.9 Å². The summed E-state index contributed by atoms with van der Waals surface area (Å²) in [6, 6.07) is 11.6. The number of nitrogens with zero attached hydrogens (tertiary/aromatic N) is 3. The highest BCUT2D eigenvalue weighted by Gasteiger charge is 2.23. The van der Waals surface area contributed by atoms with Crippen LogP contribution in [0.5, 0.6) is 11.5 Å². The smallest absolute Gasteiger partial charge is 0.234 e. The van der Waals surface area contributed by atoms with Crippen LogP contribution < -0.4 is 14.8 Å². The van der Waals surface area contributed by atoms with Crippen LogP contribution in [0.1, 0.15) is 38.7 Å². The lowest BCUT2D eigenvalue weighted by Crippen LogP contribution is -2.17. The van der Waals surface area contributed by atoms with E-state index in [2.05, 4.69) is 31.4 Å². The summed E-state index contributed by atoms with van der Waals surface area (Å²) < 4.78 is 27.1. The van der Waals surface area contributed by atoms with Gasteiger partial charge in [0, 0.05) is 10.5 Å². The zero-order valence-corrected chi connectivity index (χ0v) is 20.5. The predicted molar refractivity (Wildman–Crippen MR) is 126 cm³/mol. The van der Waals surface area contributed by atoms with Gasteiger partial charge in [-0.15, -0.1) is 10.2 Å². The molecular formula is C22H24BrFN4O3S. The van der Waals surface area contributed by atoms with Gasteiger partial charge in [-0.3, -0.25) is 4.79 Å². The Balaban J connectivity index is 1.71. The first-order valence-corrected chi connectivity index (χ1v) is 11.7. The molecule has 1 atom stereocenters. The van der Waals surface area contributed by atoms with Crippen LogP contribution in [0, 0.1) is 5.82 Å². The molecule has 1 unspecified atom stereocenters. The van der Waals surface area contributed by atoms with E-state index in [1.54, 1.807) is 7.11 Å². The maximum atomic E-state index is 13.2. The van der Waals surface area contributed by atoms with Crippen LogP contribution >= 0.6 is 27.7 Å². The van der Waals surface area contributed by atoms with Gasteiger partial charge in [0.2, 0.25) is 5.91 Å². The number of anilines is 1. The second-order valence-electron chi connectivity index (χ2n) is 7.18. The molecule has 7 nitrogen and oxygen atoms in total. The van der Waals surface area contributed by atoms with Crippen molar-refractivity contribution >= 4 is 39.3 Å². The third kappa shape index (κ3) is 5.80. The Kier molecular flexibility index (Phi) is 8.14. The van der Waals surface area contributed by atoms with Crippen LogP contribution in [-0.2, 0) is 4.79 Å². The Morgan fingerprint density at radius 1 is 1.19 bits per heavy atom. The number of thioether (sulfide) groups is 1. The molecule has 0 radical (unpaired) electrons. The summed E-state index contributed by atoms with van der Waals surface area (Å²) in [6.07, 6.45) is -0.389. The summed E-state index contributed by atoms with van der Waals surface area (Å²) in [5.41, 5.74) is 0.502. The van der Waals surface area contributed by atoms with Crippen molar-refractivity contribution in [1.82, 2.24) is 14.8 Å². The molecule has 0 fully saturated rings. The van der Waals surface area contributed by atoms with Crippen LogP contribution in [0.15, 0.2) is 52.1 Å². The van der Waals surface area contributed by atoms with Crippen LogP contribution in [0.2, 0.25) is 0 Å². The third-order valence-electron chi connectivity index (χ3n) is 4.48. The summed E-state index contributed by atoms with van der Waals surface area (Å²) in [5, 5.41) is 12.0. The van der Waals surface area contributed by atoms with Crippen LogP contribution in [0.25, 0.3) is 0 Å². The number of carbonyl (C=O) groups is 1. The number of hydrogen-bond acceptors (Lipinski definition) is 6. The van der Waals surface area contributed by atoms with E-state index in [0.29, 0.717) is 32.6 Å². The fourth-order valence-corrected chi connectivity index (χ4v) is 4.34. The molecule has 3 rings (SSSR count). The lowest BCUT2D eigenvalue weighted by molar-refractivity contribution is -0.113. The van der Waals surface area contributed by atoms with Gasteiger partial charge in [0.15, 0.2) is 28.6 Å². The number of ether oxygens (including phenoxy) is 2. The number of methoxy groups -OCH3 is 1. The maximum Gasteiger partial charge on any atom is 0.234 e. The van der Waals surface area contributed by atoms with Gasteiger partial charge in [0.1, 0.15) is 5.82 Å². The molecule has 0 aliphatic rings. The molecule has 1 N–H and O–H groups in total. The monoisotopic (exact) mass is 522 g/mol. The Morgan fingerprint density at radius 3 is 2.56 bits per heavy atom. The summed E-state index contributed by atoms with van der Waals surface area (Å²) in [6.45, 7) is 5.92. The number of amides is 1. The number of hydrogen-bond donors (Lipinski definition) is 1. The quantitative estimate of drug-likeness (QED) is 0.366. The molecular weight excluding hydrogens is 499 g/mol. The minimum absolute atomic E-state index is 0.0560. The summed E-state index contributed by atoms with van der Waals surface area (Å²) in [7, 11) is 1.59. The summed E-state index contributed by atoms with van der Waals surface area (Å²) in [4.78, 5) is 12.4. The van der Waals surface area contributed by atoms with Crippen LogP contribution in [-0.4, -0.2) is 33.5 Å². The number of benzene rings is 2. The molecule has 32 heavy (non-hydrogen) atoms. The van der Waals surface area contributed by atoms with E-state index in [0.717, 1.165) is 0 Å². The molecule has 3 aromatic rings. The van der Waals surface area contributed by atoms with Gasteiger partial charge in [0.05, 0.1) is 18.6 Å². The van der Waals surface area contributed by atoms with Crippen LogP contribution in [0.3, 0.4) is 0 Å². The molecule has 2 aromatic carbocycles. The number of halogens is 2. The molecule has 0 saturated carbocycles. The van der Waals surface area contributed by atoms with E-state index < -0.39 is 0 Å². The first-order chi connectivity index (χ1) is 15.3. The van der Waals surface area contributed by atoms with E-state index in [1.807, 2.05) is 49.6 Å². The number of para-hydroxylation sites is 2. The first kappa shape index (κ1) is 24.1. The topological polar surface area (TPSA) is 78.3 Å². The Hall–Kier alpha value is -2.59.